The molecule has 3 nitrogen and oxygen atoms in total. The van der Waals surface area contributed by atoms with Crippen LogP contribution in [0, 0.1) is 5.41 Å². The second kappa shape index (κ2) is 4.40. The summed E-state index contributed by atoms with van der Waals surface area (Å²) < 4.78 is 14.9. The Bertz CT molecular complexity index is 148. The second-order valence-electron chi connectivity index (χ2n) is 4.28. The lowest BCUT2D eigenvalue weighted by molar-refractivity contribution is -0.131. The van der Waals surface area contributed by atoms with Crippen molar-refractivity contribution >= 4 is 0 Å². The molecule has 2 heterocycles. The normalized spacial score (nSPS) is 34.2. The van der Waals surface area contributed by atoms with Crippen molar-refractivity contribution in [2.24, 2.45) is 5.41 Å². The van der Waals surface area contributed by atoms with Gasteiger partial charge in [-0.05, 0) is 13.8 Å². The molecule has 0 aromatic carbocycles. The summed E-state index contributed by atoms with van der Waals surface area (Å²) >= 11 is 0. The molecule has 0 aromatic rings. The van der Waals surface area contributed by atoms with Crippen LogP contribution in [-0.4, -0.2) is 39.1 Å². The summed E-state index contributed by atoms with van der Waals surface area (Å²) in [6.45, 7) is 8.87. The maximum atomic E-state index is 5.01. The lowest BCUT2D eigenvalue weighted by Gasteiger charge is -2.37. The van der Waals surface area contributed by atoms with Crippen molar-refractivity contribution in [2.45, 2.75) is 33.0 Å². The van der Waals surface area contributed by atoms with Crippen molar-refractivity contribution in [3.8, 4) is 0 Å². The molecule has 78 valence electrons. The van der Waals surface area contributed by atoms with E-state index in [9.17, 15) is 0 Å². The first-order valence-electron chi connectivity index (χ1n) is 4.79. The number of rotatable bonds is 2. The van der Waals surface area contributed by atoms with E-state index in [1.165, 1.54) is 0 Å². The van der Waals surface area contributed by atoms with E-state index in [0.717, 1.165) is 19.8 Å². The van der Waals surface area contributed by atoms with Crippen molar-refractivity contribution in [2.75, 3.05) is 26.9 Å². The molecule has 0 aromatic heterocycles. The summed E-state index contributed by atoms with van der Waals surface area (Å²) in [4.78, 5) is 0. The summed E-state index contributed by atoms with van der Waals surface area (Å²) in [5.74, 6) is 0. The van der Waals surface area contributed by atoms with Crippen LogP contribution < -0.4 is 0 Å². The third kappa shape index (κ3) is 3.63. The average Bonchev–Trinajstić information content (AvgIpc) is 2.64. The molecule has 0 N–H and O–H groups in total. The highest BCUT2D eigenvalue weighted by molar-refractivity contribution is 4.79. The van der Waals surface area contributed by atoms with Gasteiger partial charge in [0.25, 0.3) is 0 Å². The molecule has 2 aliphatic heterocycles. The zero-order valence-corrected chi connectivity index (χ0v) is 9.00. The zero-order valence-electron chi connectivity index (χ0n) is 9.00. The Labute approximate surface area is 80.4 Å². The summed E-state index contributed by atoms with van der Waals surface area (Å²) in [5.41, 5.74) is 0.328. The zero-order chi connectivity index (χ0) is 9.90. The van der Waals surface area contributed by atoms with Gasteiger partial charge in [-0.15, -0.1) is 0 Å². The van der Waals surface area contributed by atoms with Crippen LogP contribution in [0.5, 0.6) is 0 Å². The van der Waals surface area contributed by atoms with Crippen LogP contribution in [0.2, 0.25) is 0 Å². The smallest absolute Gasteiger partial charge is 0.0811 e. The number of epoxide rings is 1. The maximum Gasteiger partial charge on any atom is 0.0811 e. The van der Waals surface area contributed by atoms with Gasteiger partial charge in [-0.3, -0.25) is 0 Å². The van der Waals surface area contributed by atoms with E-state index in [4.69, 9.17) is 14.2 Å². The molecule has 0 radical (unpaired) electrons. The van der Waals surface area contributed by atoms with E-state index >= 15 is 0 Å². The second-order valence-corrected chi connectivity index (χ2v) is 4.28. The molecule has 13 heavy (non-hydrogen) atoms. The van der Waals surface area contributed by atoms with Gasteiger partial charge in [0.05, 0.1) is 32.0 Å². The fourth-order valence-corrected chi connectivity index (χ4v) is 1.18. The highest BCUT2D eigenvalue weighted by Gasteiger charge is 2.32. The Balaban J connectivity index is 0.000000145. The van der Waals surface area contributed by atoms with E-state index in [1.54, 1.807) is 7.11 Å². The Morgan fingerprint density at radius 3 is 1.85 bits per heavy atom. The minimum absolute atomic E-state index is 0.328. The van der Waals surface area contributed by atoms with E-state index in [-0.39, 0.29) is 0 Å². The molecule has 0 spiro atoms. The molecule has 0 saturated carbocycles. The van der Waals surface area contributed by atoms with Gasteiger partial charge < -0.3 is 14.2 Å². The molecule has 2 aliphatic rings. The largest absolute Gasteiger partial charge is 0.384 e. The maximum absolute atomic E-state index is 5.01. The SMILES string of the molecule is CC1OC1C.COCC1(C)COC1. The minimum atomic E-state index is 0.328. The lowest BCUT2D eigenvalue weighted by Crippen LogP contribution is -2.43. The van der Waals surface area contributed by atoms with E-state index in [2.05, 4.69) is 20.8 Å². The third-order valence-corrected chi connectivity index (χ3v) is 2.41. The monoisotopic (exact) mass is 188 g/mol. The predicted molar refractivity (Wildman–Crippen MR) is 50.8 cm³/mol. The molecule has 0 aliphatic carbocycles. The molecule has 2 atom stereocenters. The van der Waals surface area contributed by atoms with E-state index in [1.807, 2.05) is 0 Å². The van der Waals surface area contributed by atoms with Gasteiger partial charge in [0.1, 0.15) is 0 Å². The minimum Gasteiger partial charge on any atom is -0.384 e. The molecule has 0 bridgehead atoms. The van der Waals surface area contributed by atoms with Crippen LogP contribution in [0.1, 0.15) is 20.8 Å². The van der Waals surface area contributed by atoms with Crippen molar-refractivity contribution in [3.05, 3.63) is 0 Å². The first-order chi connectivity index (χ1) is 6.07. The highest BCUT2D eigenvalue weighted by atomic mass is 16.6. The summed E-state index contributed by atoms with van der Waals surface area (Å²) in [5, 5.41) is 0. The quantitative estimate of drug-likeness (QED) is 0.615. The van der Waals surface area contributed by atoms with Gasteiger partial charge in [-0.2, -0.15) is 0 Å². The van der Waals surface area contributed by atoms with Crippen molar-refractivity contribution in [3.63, 3.8) is 0 Å². The van der Waals surface area contributed by atoms with Crippen molar-refractivity contribution in [1.29, 1.82) is 0 Å². The lowest BCUT2D eigenvalue weighted by atomic mass is 9.90. The van der Waals surface area contributed by atoms with Gasteiger partial charge in [-0.25, -0.2) is 0 Å². The summed E-state index contributed by atoms with van der Waals surface area (Å²) in [6, 6.07) is 0. The van der Waals surface area contributed by atoms with Gasteiger partial charge in [0.2, 0.25) is 0 Å². The van der Waals surface area contributed by atoms with Crippen molar-refractivity contribution in [1.82, 2.24) is 0 Å². The highest BCUT2D eigenvalue weighted by Crippen LogP contribution is 2.25. The Hall–Kier alpha value is -0.120. The van der Waals surface area contributed by atoms with E-state index in [0.29, 0.717) is 17.6 Å². The van der Waals surface area contributed by atoms with Crippen LogP contribution in [-0.2, 0) is 14.2 Å². The molecule has 2 saturated heterocycles. The molecule has 0 amide bonds. The van der Waals surface area contributed by atoms with Crippen LogP contribution in [0.25, 0.3) is 0 Å². The molecular formula is C10H20O3. The average molecular weight is 188 g/mol. The number of ether oxygens (including phenoxy) is 3. The summed E-state index contributed by atoms with van der Waals surface area (Å²) in [6.07, 6.45) is 1.10. The van der Waals surface area contributed by atoms with E-state index < -0.39 is 0 Å². The number of methoxy groups -OCH3 is 1. The van der Waals surface area contributed by atoms with Crippen molar-refractivity contribution < 1.29 is 14.2 Å². The standard InChI is InChI=1S/C6H12O2.C4H8O/c1-6(3-7-2)4-8-5-6;1-3-4(2)5-3/h3-5H2,1-2H3;3-4H,1-2H3. The van der Waals surface area contributed by atoms with Crippen LogP contribution >= 0.6 is 0 Å². The fourth-order valence-electron chi connectivity index (χ4n) is 1.18. The number of hydrogen-bond acceptors (Lipinski definition) is 3. The van der Waals surface area contributed by atoms with Crippen LogP contribution in [0.3, 0.4) is 0 Å². The summed E-state index contributed by atoms with van der Waals surface area (Å²) in [7, 11) is 1.73. The van der Waals surface area contributed by atoms with Gasteiger partial charge >= 0.3 is 0 Å². The first-order valence-corrected chi connectivity index (χ1v) is 4.79. The number of hydrogen-bond donors (Lipinski definition) is 0. The molecule has 2 rings (SSSR count). The first kappa shape index (κ1) is 11.0. The molecule has 2 unspecified atom stereocenters. The molecule has 2 fully saturated rings. The fraction of sp³-hybridized carbons (Fsp3) is 1.00. The van der Waals surface area contributed by atoms with Gasteiger partial charge in [0, 0.05) is 12.5 Å². The van der Waals surface area contributed by atoms with Crippen LogP contribution in [0.4, 0.5) is 0 Å². The van der Waals surface area contributed by atoms with Crippen LogP contribution in [0.15, 0.2) is 0 Å². The van der Waals surface area contributed by atoms with Gasteiger partial charge in [-0.1, -0.05) is 6.92 Å². The molecule has 3 heteroatoms. The van der Waals surface area contributed by atoms with Gasteiger partial charge in [0.15, 0.2) is 0 Å². The Morgan fingerprint density at radius 2 is 1.77 bits per heavy atom. The Kier molecular flexibility index (Phi) is 3.71. The Morgan fingerprint density at radius 1 is 1.31 bits per heavy atom. The topological polar surface area (TPSA) is 31.0 Å². The predicted octanol–water partition coefficient (Wildman–Crippen LogP) is 1.46. The molecular weight excluding hydrogens is 168 g/mol. The third-order valence-electron chi connectivity index (χ3n) is 2.41.